The van der Waals surface area contributed by atoms with Gasteiger partial charge in [0.25, 0.3) is 0 Å². The molecule has 0 radical (unpaired) electrons. The molecule has 2 heterocycles. The van der Waals surface area contributed by atoms with E-state index in [-0.39, 0.29) is 6.10 Å². The molecule has 0 bridgehead atoms. The monoisotopic (exact) mass is 329 g/mol. The van der Waals surface area contributed by atoms with Gasteiger partial charge in [0, 0.05) is 19.7 Å². The van der Waals surface area contributed by atoms with E-state index in [9.17, 15) is 0 Å². The van der Waals surface area contributed by atoms with E-state index in [1.54, 1.807) is 13.3 Å². The van der Waals surface area contributed by atoms with Gasteiger partial charge in [-0.05, 0) is 35.2 Å². The number of rotatable bonds is 5. The molecule has 19 heavy (non-hydrogen) atoms. The fraction of sp³-hybridized carbons (Fsp3) is 0.692. The van der Waals surface area contributed by atoms with Crippen LogP contribution in [0.4, 0.5) is 5.95 Å². The number of methoxy groups -OCH3 is 1. The summed E-state index contributed by atoms with van der Waals surface area (Å²) >= 11 is 3.37. The number of aromatic nitrogens is 2. The predicted octanol–water partition coefficient (Wildman–Crippen LogP) is 2.64. The third-order valence-corrected chi connectivity index (χ3v) is 3.66. The molecular weight excluding hydrogens is 310 g/mol. The first-order valence-electron chi connectivity index (χ1n) is 6.67. The summed E-state index contributed by atoms with van der Waals surface area (Å²) in [5.74, 6) is 1.28. The van der Waals surface area contributed by atoms with E-state index in [0.717, 1.165) is 43.4 Å². The van der Waals surface area contributed by atoms with Crippen molar-refractivity contribution in [2.75, 3.05) is 31.7 Å². The fourth-order valence-electron chi connectivity index (χ4n) is 2.18. The number of ether oxygens (including phenoxy) is 2. The van der Waals surface area contributed by atoms with Crippen LogP contribution < -0.4 is 9.64 Å². The highest BCUT2D eigenvalue weighted by Crippen LogP contribution is 2.25. The zero-order valence-corrected chi connectivity index (χ0v) is 13.0. The minimum atomic E-state index is 0.284. The number of hydrogen-bond donors (Lipinski definition) is 0. The third kappa shape index (κ3) is 3.79. The van der Waals surface area contributed by atoms with Crippen LogP contribution in [0.15, 0.2) is 10.7 Å². The van der Waals surface area contributed by atoms with Crippen LogP contribution in [0.5, 0.6) is 5.88 Å². The lowest BCUT2D eigenvalue weighted by Crippen LogP contribution is -2.40. The maximum atomic E-state index is 5.83. The van der Waals surface area contributed by atoms with E-state index in [1.165, 1.54) is 0 Å². The standard InChI is InChI=1S/C13H20BrN3O2/c1-3-7-19-10-5-4-6-17(9-10)13-15-8-11(14)12(16-13)18-2/h8,10H,3-7,9H2,1-2H3. The van der Waals surface area contributed by atoms with Gasteiger partial charge in [-0.15, -0.1) is 0 Å². The Kier molecular flexibility index (Phi) is 5.39. The number of piperidine rings is 1. The van der Waals surface area contributed by atoms with E-state index in [1.807, 2.05) is 0 Å². The molecule has 1 atom stereocenters. The lowest BCUT2D eigenvalue weighted by Gasteiger charge is -2.32. The molecule has 0 spiro atoms. The Hall–Kier alpha value is -0.880. The maximum absolute atomic E-state index is 5.83. The highest BCUT2D eigenvalue weighted by molar-refractivity contribution is 9.10. The largest absolute Gasteiger partial charge is 0.480 e. The summed E-state index contributed by atoms with van der Waals surface area (Å²) in [6, 6.07) is 0. The molecule has 0 aliphatic carbocycles. The molecule has 1 aliphatic rings. The topological polar surface area (TPSA) is 47.5 Å². The third-order valence-electron chi connectivity index (χ3n) is 3.11. The normalized spacial score (nSPS) is 19.5. The predicted molar refractivity (Wildman–Crippen MR) is 77.8 cm³/mol. The van der Waals surface area contributed by atoms with E-state index in [0.29, 0.717) is 11.8 Å². The lowest BCUT2D eigenvalue weighted by atomic mass is 10.1. The molecule has 106 valence electrons. The van der Waals surface area contributed by atoms with Gasteiger partial charge in [0.05, 0.1) is 23.9 Å². The summed E-state index contributed by atoms with van der Waals surface area (Å²) in [7, 11) is 1.61. The Morgan fingerprint density at radius 3 is 3.11 bits per heavy atom. The molecule has 1 fully saturated rings. The van der Waals surface area contributed by atoms with Gasteiger partial charge in [-0.1, -0.05) is 6.92 Å². The molecule has 1 aliphatic heterocycles. The molecule has 2 rings (SSSR count). The number of anilines is 1. The molecule has 1 saturated heterocycles. The Bertz CT molecular complexity index is 417. The Balaban J connectivity index is 2.04. The molecule has 1 aromatic rings. The SMILES string of the molecule is CCCOC1CCCN(c2ncc(Br)c(OC)n2)C1. The summed E-state index contributed by atoms with van der Waals surface area (Å²) in [5.41, 5.74) is 0. The first kappa shape index (κ1) is 14.5. The van der Waals surface area contributed by atoms with Crippen molar-refractivity contribution in [3.63, 3.8) is 0 Å². The zero-order valence-electron chi connectivity index (χ0n) is 11.4. The van der Waals surface area contributed by atoms with E-state index < -0.39 is 0 Å². The summed E-state index contributed by atoms with van der Waals surface area (Å²) < 4.78 is 11.8. The average Bonchev–Trinajstić information content (AvgIpc) is 2.46. The summed E-state index contributed by atoms with van der Waals surface area (Å²) in [6.45, 7) is 4.77. The number of halogens is 1. The van der Waals surface area contributed by atoms with Crippen LogP contribution in [0, 0.1) is 0 Å². The molecule has 5 nitrogen and oxygen atoms in total. The van der Waals surface area contributed by atoms with Crippen molar-refractivity contribution in [3.8, 4) is 5.88 Å². The van der Waals surface area contributed by atoms with Crippen LogP contribution in [0.25, 0.3) is 0 Å². The van der Waals surface area contributed by atoms with Gasteiger partial charge < -0.3 is 14.4 Å². The van der Waals surface area contributed by atoms with Crippen LogP contribution in [0.3, 0.4) is 0 Å². The summed E-state index contributed by atoms with van der Waals surface area (Å²) in [5, 5.41) is 0. The maximum Gasteiger partial charge on any atom is 0.232 e. The molecule has 0 aromatic carbocycles. The van der Waals surface area contributed by atoms with Gasteiger partial charge in [0.2, 0.25) is 11.8 Å². The van der Waals surface area contributed by atoms with E-state index in [2.05, 4.69) is 37.7 Å². The molecule has 0 N–H and O–H groups in total. The van der Waals surface area contributed by atoms with Crippen molar-refractivity contribution < 1.29 is 9.47 Å². The molecular formula is C13H20BrN3O2. The molecule has 0 amide bonds. The van der Waals surface area contributed by atoms with Crippen molar-refractivity contribution in [3.05, 3.63) is 10.7 Å². The summed E-state index contributed by atoms with van der Waals surface area (Å²) in [6.07, 6.45) is 5.30. The van der Waals surface area contributed by atoms with Crippen LogP contribution in [0.2, 0.25) is 0 Å². The average molecular weight is 330 g/mol. The van der Waals surface area contributed by atoms with Crippen molar-refractivity contribution >= 4 is 21.9 Å². The Labute approximate surface area is 122 Å². The van der Waals surface area contributed by atoms with Gasteiger partial charge in [0.15, 0.2) is 0 Å². The molecule has 6 heteroatoms. The van der Waals surface area contributed by atoms with Gasteiger partial charge in [-0.2, -0.15) is 4.98 Å². The van der Waals surface area contributed by atoms with Crippen LogP contribution in [-0.2, 0) is 4.74 Å². The fourth-order valence-corrected chi connectivity index (χ4v) is 2.53. The molecule has 1 unspecified atom stereocenters. The van der Waals surface area contributed by atoms with Crippen molar-refractivity contribution in [2.24, 2.45) is 0 Å². The van der Waals surface area contributed by atoms with Gasteiger partial charge in [-0.3, -0.25) is 0 Å². The lowest BCUT2D eigenvalue weighted by molar-refractivity contribution is 0.0437. The van der Waals surface area contributed by atoms with Gasteiger partial charge >= 0.3 is 0 Å². The smallest absolute Gasteiger partial charge is 0.232 e. The highest BCUT2D eigenvalue weighted by Gasteiger charge is 2.22. The second-order valence-electron chi connectivity index (χ2n) is 4.61. The highest BCUT2D eigenvalue weighted by atomic mass is 79.9. The number of nitrogens with zero attached hydrogens (tertiary/aromatic N) is 3. The van der Waals surface area contributed by atoms with Crippen LogP contribution >= 0.6 is 15.9 Å². The van der Waals surface area contributed by atoms with E-state index >= 15 is 0 Å². The van der Waals surface area contributed by atoms with Crippen molar-refractivity contribution in [1.29, 1.82) is 0 Å². The van der Waals surface area contributed by atoms with Crippen LogP contribution in [-0.4, -0.2) is 42.9 Å². The molecule has 1 aromatic heterocycles. The first-order valence-corrected chi connectivity index (χ1v) is 7.47. The van der Waals surface area contributed by atoms with Crippen molar-refractivity contribution in [1.82, 2.24) is 9.97 Å². The Morgan fingerprint density at radius 2 is 2.37 bits per heavy atom. The Morgan fingerprint density at radius 1 is 1.53 bits per heavy atom. The molecule has 0 saturated carbocycles. The second-order valence-corrected chi connectivity index (χ2v) is 5.46. The minimum Gasteiger partial charge on any atom is -0.480 e. The minimum absolute atomic E-state index is 0.284. The van der Waals surface area contributed by atoms with Crippen molar-refractivity contribution in [2.45, 2.75) is 32.3 Å². The van der Waals surface area contributed by atoms with Gasteiger partial charge in [-0.25, -0.2) is 4.98 Å². The quantitative estimate of drug-likeness (QED) is 0.831. The van der Waals surface area contributed by atoms with E-state index in [4.69, 9.17) is 9.47 Å². The van der Waals surface area contributed by atoms with Gasteiger partial charge in [0.1, 0.15) is 0 Å². The number of hydrogen-bond acceptors (Lipinski definition) is 5. The van der Waals surface area contributed by atoms with Crippen LogP contribution in [0.1, 0.15) is 26.2 Å². The first-order chi connectivity index (χ1) is 9.24. The summed E-state index contributed by atoms with van der Waals surface area (Å²) in [4.78, 5) is 10.9. The zero-order chi connectivity index (χ0) is 13.7. The second kappa shape index (κ2) is 7.05.